The van der Waals surface area contributed by atoms with Crippen molar-refractivity contribution in [3.8, 4) is 11.5 Å². The summed E-state index contributed by atoms with van der Waals surface area (Å²) in [5.74, 6) is 0.674. The van der Waals surface area contributed by atoms with Gasteiger partial charge in [-0.05, 0) is 60.5 Å². The van der Waals surface area contributed by atoms with E-state index in [9.17, 15) is 13.2 Å². The number of nitrogens with one attached hydrogen (secondary N) is 1. The molecule has 0 saturated heterocycles. The molecule has 0 heterocycles. The molecule has 0 aliphatic heterocycles. The normalized spacial score (nSPS) is 12.1. The Morgan fingerprint density at radius 2 is 1.66 bits per heavy atom. The van der Waals surface area contributed by atoms with Gasteiger partial charge < -0.3 is 14.8 Å². The van der Waals surface area contributed by atoms with Gasteiger partial charge in [-0.25, -0.2) is 8.42 Å². The van der Waals surface area contributed by atoms with E-state index in [0.29, 0.717) is 28.7 Å². The molecule has 1 unspecified atom stereocenters. The summed E-state index contributed by atoms with van der Waals surface area (Å²) in [6.07, 6.45) is 1.16. The number of carbonyl (C=O) groups excluding carboxylic acids is 1. The first-order valence-corrected chi connectivity index (χ1v) is 12.1. The Morgan fingerprint density at radius 1 is 1.00 bits per heavy atom. The lowest BCUT2D eigenvalue weighted by Gasteiger charge is -2.16. The van der Waals surface area contributed by atoms with Crippen molar-refractivity contribution in [3.05, 3.63) is 88.4 Å². The van der Waals surface area contributed by atoms with Crippen molar-refractivity contribution in [2.45, 2.75) is 24.5 Å². The monoisotopic (exact) mass is 473 g/mol. The van der Waals surface area contributed by atoms with Crippen LogP contribution in [-0.4, -0.2) is 27.7 Å². The molecule has 168 valence electrons. The van der Waals surface area contributed by atoms with Gasteiger partial charge in [0.25, 0.3) is 5.91 Å². The van der Waals surface area contributed by atoms with Crippen LogP contribution in [0.15, 0.2) is 71.6 Å². The summed E-state index contributed by atoms with van der Waals surface area (Å²) in [6.45, 7) is 2.16. The number of methoxy groups -OCH3 is 1. The summed E-state index contributed by atoms with van der Waals surface area (Å²) >= 11 is 5.90. The van der Waals surface area contributed by atoms with E-state index >= 15 is 0 Å². The third-order valence-corrected chi connectivity index (χ3v) is 6.27. The Morgan fingerprint density at radius 3 is 2.25 bits per heavy atom. The number of hydrogen-bond donors (Lipinski definition) is 1. The van der Waals surface area contributed by atoms with E-state index in [1.54, 1.807) is 42.5 Å². The number of ether oxygens (including phenoxy) is 2. The van der Waals surface area contributed by atoms with Crippen LogP contribution < -0.4 is 14.8 Å². The van der Waals surface area contributed by atoms with Crippen LogP contribution in [0.2, 0.25) is 5.02 Å². The average Bonchev–Trinajstić information content (AvgIpc) is 2.78. The highest BCUT2D eigenvalue weighted by Crippen LogP contribution is 2.29. The molecule has 1 N–H and O–H groups in total. The van der Waals surface area contributed by atoms with Gasteiger partial charge in [0.05, 0.1) is 18.0 Å². The largest absolute Gasteiger partial charge is 0.493 e. The van der Waals surface area contributed by atoms with Crippen LogP contribution in [0.4, 0.5) is 0 Å². The maximum Gasteiger partial charge on any atom is 0.251 e. The van der Waals surface area contributed by atoms with Crippen molar-refractivity contribution in [3.63, 3.8) is 0 Å². The zero-order valence-corrected chi connectivity index (χ0v) is 19.5. The van der Waals surface area contributed by atoms with E-state index in [1.807, 2.05) is 19.1 Å². The zero-order chi connectivity index (χ0) is 23.3. The minimum atomic E-state index is -3.27. The predicted octanol–water partition coefficient (Wildman–Crippen LogP) is 4.82. The Balaban J connectivity index is 1.67. The molecule has 1 atom stereocenters. The fourth-order valence-electron chi connectivity index (χ4n) is 3.04. The summed E-state index contributed by atoms with van der Waals surface area (Å²) in [5.41, 5.74) is 2.16. The second-order valence-corrected chi connectivity index (χ2v) is 9.77. The van der Waals surface area contributed by atoms with Gasteiger partial charge in [-0.1, -0.05) is 35.9 Å². The van der Waals surface area contributed by atoms with Crippen LogP contribution in [0.1, 0.15) is 34.5 Å². The van der Waals surface area contributed by atoms with E-state index in [-0.39, 0.29) is 16.8 Å². The quantitative estimate of drug-likeness (QED) is 0.507. The number of hydrogen-bond acceptors (Lipinski definition) is 5. The molecule has 8 heteroatoms. The first-order valence-electron chi connectivity index (χ1n) is 9.83. The number of sulfone groups is 1. The highest BCUT2D eigenvalue weighted by molar-refractivity contribution is 7.90. The molecular weight excluding hydrogens is 450 g/mol. The number of carbonyl (C=O) groups is 1. The zero-order valence-electron chi connectivity index (χ0n) is 18.0. The predicted molar refractivity (Wildman–Crippen MR) is 124 cm³/mol. The maximum atomic E-state index is 12.7. The third kappa shape index (κ3) is 6.02. The fraction of sp³-hybridized carbons (Fsp3) is 0.208. The van der Waals surface area contributed by atoms with Crippen molar-refractivity contribution in [2.75, 3.05) is 13.4 Å². The topological polar surface area (TPSA) is 81.7 Å². The van der Waals surface area contributed by atoms with Crippen LogP contribution in [-0.2, 0) is 16.4 Å². The molecule has 0 bridgehead atoms. The van der Waals surface area contributed by atoms with Crippen LogP contribution >= 0.6 is 11.6 Å². The van der Waals surface area contributed by atoms with Crippen molar-refractivity contribution in [2.24, 2.45) is 0 Å². The first kappa shape index (κ1) is 23.6. The summed E-state index contributed by atoms with van der Waals surface area (Å²) in [7, 11) is -1.75. The Hall–Kier alpha value is -3.03. The van der Waals surface area contributed by atoms with E-state index in [4.69, 9.17) is 21.1 Å². The second kappa shape index (κ2) is 10.1. The van der Waals surface area contributed by atoms with Gasteiger partial charge in [-0.15, -0.1) is 0 Å². The van der Waals surface area contributed by atoms with Gasteiger partial charge in [0.2, 0.25) is 0 Å². The number of benzene rings is 3. The Bertz CT molecular complexity index is 1190. The number of amides is 1. The van der Waals surface area contributed by atoms with Gasteiger partial charge in [0.1, 0.15) is 6.61 Å². The van der Waals surface area contributed by atoms with E-state index in [2.05, 4.69) is 5.32 Å². The molecule has 32 heavy (non-hydrogen) atoms. The SMILES string of the molecule is COc1cc(C(=O)NC(C)c2ccc(S(C)(=O)=O)cc2)ccc1OCc1ccc(Cl)cc1. The molecule has 6 nitrogen and oxygen atoms in total. The summed E-state index contributed by atoms with van der Waals surface area (Å²) in [4.78, 5) is 13.0. The lowest BCUT2D eigenvalue weighted by atomic mass is 10.1. The average molecular weight is 474 g/mol. The molecule has 0 radical (unpaired) electrons. The van der Waals surface area contributed by atoms with E-state index < -0.39 is 9.84 Å². The molecule has 0 aromatic heterocycles. The standard InChI is InChI=1S/C24H24ClNO5S/c1-16(18-6-11-21(12-7-18)32(3,28)29)26-24(27)19-8-13-22(23(14-19)30-2)31-15-17-4-9-20(25)10-5-17/h4-14,16H,15H2,1-3H3,(H,26,27). The molecule has 0 saturated carbocycles. The minimum absolute atomic E-state index is 0.235. The van der Waals surface area contributed by atoms with Crippen molar-refractivity contribution < 1.29 is 22.7 Å². The summed E-state index contributed by atoms with van der Waals surface area (Å²) in [5, 5.41) is 3.56. The van der Waals surface area contributed by atoms with Gasteiger partial charge in [0, 0.05) is 16.8 Å². The molecule has 3 aromatic carbocycles. The lowest BCUT2D eigenvalue weighted by Crippen LogP contribution is -2.26. The number of rotatable bonds is 8. The van der Waals surface area contributed by atoms with Crippen molar-refractivity contribution >= 4 is 27.3 Å². The summed E-state index contributed by atoms with van der Waals surface area (Å²) < 4.78 is 34.4. The van der Waals surface area contributed by atoms with Gasteiger partial charge in [-0.3, -0.25) is 4.79 Å². The van der Waals surface area contributed by atoms with Crippen LogP contribution in [0.25, 0.3) is 0 Å². The molecule has 0 aliphatic rings. The molecular formula is C24H24ClNO5S. The molecule has 3 rings (SSSR count). The maximum absolute atomic E-state index is 12.7. The van der Waals surface area contributed by atoms with Crippen molar-refractivity contribution in [1.82, 2.24) is 5.32 Å². The van der Waals surface area contributed by atoms with Gasteiger partial charge >= 0.3 is 0 Å². The van der Waals surface area contributed by atoms with E-state index in [0.717, 1.165) is 17.4 Å². The van der Waals surface area contributed by atoms with Gasteiger partial charge in [0.15, 0.2) is 21.3 Å². The lowest BCUT2D eigenvalue weighted by molar-refractivity contribution is 0.0939. The van der Waals surface area contributed by atoms with Crippen molar-refractivity contribution in [1.29, 1.82) is 0 Å². The first-order chi connectivity index (χ1) is 15.2. The molecule has 0 aliphatic carbocycles. The molecule has 3 aromatic rings. The van der Waals surface area contributed by atoms with E-state index in [1.165, 1.54) is 19.2 Å². The smallest absolute Gasteiger partial charge is 0.251 e. The number of halogens is 1. The minimum Gasteiger partial charge on any atom is -0.493 e. The Kier molecular flexibility index (Phi) is 7.43. The summed E-state index contributed by atoms with van der Waals surface area (Å²) in [6, 6.07) is 18.4. The molecule has 1 amide bonds. The Labute approximate surface area is 193 Å². The molecule has 0 spiro atoms. The van der Waals surface area contributed by atoms with Crippen LogP contribution in [0.3, 0.4) is 0 Å². The van der Waals surface area contributed by atoms with Crippen LogP contribution in [0, 0.1) is 0 Å². The second-order valence-electron chi connectivity index (χ2n) is 7.32. The van der Waals surface area contributed by atoms with Gasteiger partial charge in [-0.2, -0.15) is 0 Å². The third-order valence-electron chi connectivity index (χ3n) is 4.89. The molecule has 0 fully saturated rings. The highest BCUT2D eigenvalue weighted by atomic mass is 35.5. The fourth-order valence-corrected chi connectivity index (χ4v) is 3.79. The highest BCUT2D eigenvalue weighted by Gasteiger charge is 2.15. The van der Waals surface area contributed by atoms with Crippen LogP contribution in [0.5, 0.6) is 11.5 Å².